The highest BCUT2D eigenvalue weighted by molar-refractivity contribution is 6.00. The molecule has 2 aliphatic heterocycles. The van der Waals surface area contributed by atoms with Gasteiger partial charge in [0.15, 0.2) is 0 Å². The van der Waals surface area contributed by atoms with Crippen molar-refractivity contribution in [1.29, 1.82) is 0 Å². The first-order valence-electron chi connectivity index (χ1n) is 9.72. The highest BCUT2D eigenvalue weighted by Crippen LogP contribution is 2.31. The Morgan fingerprint density at radius 1 is 1.29 bits per heavy atom. The number of rotatable bonds is 4. The number of nitrogens with zero attached hydrogens (tertiary/aromatic N) is 3. The van der Waals surface area contributed by atoms with Crippen LogP contribution in [-0.4, -0.2) is 44.7 Å². The fourth-order valence-electron chi connectivity index (χ4n) is 4.00. The molecule has 0 radical (unpaired) electrons. The van der Waals surface area contributed by atoms with E-state index in [1.54, 1.807) is 15.9 Å². The van der Waals surface area contributed by atoms with Crippen LogP contribution in [0.1, 0.15) is 66.1 Å². The van der Waals surface area contributed by atoms with Gasteiger partial charge in [-0.3, -0.25) is 14.4 Å². The summed E-state index contributed by atoms with van der Waals surface area (Å²) in [6.07, 6.45) is 1.60. The monoisotopic (exact) mass is 380 g/mol. The van der Waals surface area contributed by atoms with E-state index in [0.29, 0.717) is 24.5 Å². The molecule has 7 nitrogen and oxygen atoms in total. The Morgan fingerprint density at radius 3 is 2.82 bits per heavy atom. The van der Waals surface area contributed by atoms with E-state index in [4.69, 9.17) is 0 Å². The molecule has 0 bridgehead atoms. The summed E-state index contributed by atoms with van der Waals surface area (Å²) < 4.78 is 0. The van der Waals surface area contributed by atoms with Crippen molar-refractivity contribution >= 4 is 11.8 Å². The number of nitrogens with one attached hydrogen (secondary N) is 1. The van der Waals surface area contributed by atoms with Crippen LogP contribution in [0.2, 0.25) is 0 Å². The lowest BCUT2D eigenvalue weighted by atomic mass is 10.1. The lowest BCUT2D eigenvalue weighted by Crippen LogP contribution is -2.40. The van der Waals surface area contributed by atoms with E-state index < -0.39 is 0 Å². The molecular weight excluding hydrogens is 356 g/mol. The van der Waals surface area contributed by atoms with Crippen molar-refractivity contribution in [2.24, 2.45) is 0 Å². The summed E-state index contributed by atoms with van der Waals surface area (Å²) in [6.45, 7) is 5.07. The van der Waals surface area contributed by atoms with Crippen molar-refractivity contribution in [1.82, 2.24) is 19.8 Å². The van der Waals surface area contributed by atoms with Crippen LogP contribution in [0.25, 0.3) is 0 Å². The molecule has 1 aromatic heterocycles. The number of fused-ring (bicyclic) bond motifs is 1. The minimum atomic E-state index is -0.251. The second-order valence-corrected chi connectivity index (χ2v) is 7.77. The zero-order chi connectivity index (χ0) is 19.8. The first-order chi connectivity index (χ1) is 13.4. The van der Waals surface area contributed by atoms with Gasteiger partial charge in [0.2, 0.25) is 5.91 Å². The Hall–Kier alpha value is -2.96. The van der Waals surface area contributed by atoms with Crippen molar-refractivity contribution in [3.63, 3.8) is 0 Å². The van der Waals surface area contributed by atoms with Gasteiger partial charge in [-0.25, -0.2) is 4.98 Å². The van der Waals surface area contributed by atoms with Crippen LogP contribution in [-0.2, 0) is 11.3 Å². The summed E-state index contributed by atoms with van der Waals surface area (Å²) in [4.78, 5) is 48.3. The maximum absolute atomic E-state index is 13.0. The highest BCUT2D eigenvalue weighted by Gasteiger charge is 2.35. The van der Waals surface area contributed by atoms with Crippen LogP contribution in [0.15, 0.2) is 35.1 Å². The number of aromatic amines is 1. The molecule has 4 rings (SSSR count). The zero-order valence-electron chi connectivity index (χ0n) is 16.1. The maximum Gasteiger partial charge on any atom is 0.254 e. The average molecular weight is 380 g/mol. The molecule has 2 aromatic rings. The summed E-state index contributed by atoms with van der Waals surface area (Å²) in [5.74, 6) is 0.458. The lowest BCUT2D eigenvalue weighted by molar-refractivity contribution is -0.133. The molecule has 1 aromatic carbocycles. The van der Waals surface area contributed by atoms with Gasteiger partial charge in [-0.1, -0.05) is 32.0 Å². The van der Waals surface area contributed by atoms with Crippen LogP contribution < -0.4 is 5.56 Å². The van der Waals surface area contributed by atoms with E-state index in [0.717, 1.165) is 24.1 Å². The molecule has 1 fully saturated rings. The van der Waals surface area contributed by atoms with Gasteiger partial charge in [-0.05, 0) is 30.4 Å². The van der Waals surface area contributed by atoms with Gasteiger partial charge < -0.3 is 14.8 Å². The van der Waals surface area contributed by atoms with E-state index in [1.807, 2.05) is 32.0 Å². The van der Waals surface area contributed by atoms with E-state index >= 15 is 0 Å². The third-order valence-corrected chi connectivity index (χ3v) is 5.48. The van der Waals surface area contributed by atoms with Gasteiger partial charge >= 0.3 is 0 Å². The number of hydrogen-bond acceptors (Lipinski definition) is 4. The standard InChI is InChI=1S/C21H24N4O3/c1-13(2)16-10-18(26)23-20(22-16)17-8-5-9-25(17)19(27)12-24-11-14-6-3-4-7-15(14)21(24)28/h3-4,6-7,10,13,17H,5,8-9,11-12H2,1-2H3,(H,22,23,26)/t17-/m1/s1. The molecule has 146 valence electrons. The predicted molar refractivity (Wildman–Crippen MR) is 104 cm³/mol. The molecule has 3 heterocycles. The van der Waals surface area contributed by atoms with Crippen molar-refractivity contribution in [3.8, 4) is 0 Å². The molecule has 0 saturated carbocycles. The van der Waals surface area contributed by atoms with Crippen LogP contribution in [0.5, 0.6) is 0 Å². The number of H-pyrrole nitrogens is 1. The third-order valence-electron chi connectivity index (χ3n) is 5.48. The quantitative estimate of drug-likeness (QED) is 0.881. The van der Waals surface area contributed by atoms with Gasteiger partial charge in [0.25, 0.3) is 11.5 Å². The fourth-order valence-corrected chi connectivity index (χ4v) is 4.00. The molecule has 2 amide bonds. The largest absolute Gasteiger partial charge is 0.331 e. The van der Waals surface area contributed by atoms with Crippen LogP contribution >= 0.6 is 0 Å². The number of amides is 2. The summed E-state index contributed by atoms with van der Waals surface area (Å²) in [7, 11) is 0. The minimum absolute atomic E-state index is 0.0398. The molecule has 2 aliphatic rings. The first-order valence-corrected chi connectivity index (χ1v) is 9.72. The Kier molecular flexibility index (Phi) is 4.75. The molecule has 1 atom stereocenters. The SMILES string of the molecule is CC(C)c1cc(=O)[nH]c([C@H]2CCCN2C(=O)CN2Cc3ccccc3C2=O)n1. The topological polar surface area (TPSA) is 86.4 Å². The third kappa shape index (κ3) is 3.32. The number of likely N-dealkylation sites (tertiary alicyclic amines) is 1. The number of hydrogen-bond donors (Lipinski definition) is 1. The molecule has 0 aliphatic carbocycles. The second kappa shape index (κ2) is 7.22. The van der Waals surface area contributed by atoms with Crippen LogP contribution in [0.3, 0.4) is 0 Å². The second-order valence-electron chi connectivity index (χ2n) is 7.77. The predicted octanol–water partition coefficient (Wildman–Crippen LogP) is 2.21. The van der Waals surface area contributed by atoms with Crippen LogP contribution in [0.4, 0.5) is 0 Å². The molecule has 1 saturated heterocycles. The maximum atomic E-state index is 13.0. The van der Waals surface area contributed by atoms with E-state index in [2.05, 4.69) is 9.97 Å². The van der Waals surface area contributed by atoms with Crippen LogP contribution in [0, 0.1) is 0 Å². The van der Waals surface area contributed by atoms with Crippen molar-refractivity contribution in [2.45, 2.75) is 45.2 Å². The number of carbonyl (C=O) groups is 2. The molecular formula is C21H24N4O3. The molecule has 1 N–H and O–H groups in total. The first kappa shape index (κ1) is 18.4. The average Bonchev–Trinajstić information content (AvgIpc) is 3.27. The van der Waals surface area contributed by atoms with Gasteiger partial charge in [0.1, 0.15) is 12.4 Å². The van der Waals surface area contributed by atoms with Crippen molar-refractivity contribution in [3.05, 3.63) is 63.3 Å². The number of aromatic nitrogens is 2. The Morgan fingerprint density at radius 2 is 2.07 bits per heavy atom. The van der Waals surface area contributed by atoms with E-state index in [9.17, 15) is 14.4 Å². The van der Waals surface area contributed by atoms with Gasteiger partial charge in [0, 0.05) is 24.7 Å². The Balaban J connectivity index is 1.52. The van der Waals surface area contributed by atoms with Crippen molar-refractivity contribution < 1.29 is 9.59 Å². The fraction of sp³-hybridized carbons (Fsp3) is 0.429. The van der Waals surface area contributed by atoms with Gasteiger partial charge in [-0.2, -0.15) is 0 Å². The van der Waals surface area contributed by atoms with Gasteiger partial charge in [-0.15, -0.1) is 0 Å². The molecule has 28 heavy (non-hydrogen) atoms. The summed E-state index contributed by atoms with van der Waals surface area (Å²) in [6, 6.07) is 8.71. The van der Waals surface area contributed by atoms with Crippen molar-refractivity contribution in [2.75, 3.05) is 13.1 Å². The Labute approximate surface area is 163 Å². The minimum Gasteiger partial charge on any atom is -0.331 e. The number of carbonyl (C=O) groups excluding carboxylic acids is 2. The van der Waals surface area contributed by atoms with E-state index in [1.165, 1.54) is 6.07 Å². The highest BCUT2D eigenvalue weighted by atomic mass is 16.2. The zero-order valence-corrected chi connectivity index (χ0v) is 16.1. The molecule has 0 spiro atoms. The molecule has 7 heteroatoms. The summed E-state index contributed by atoms with van der Waals surface area (Å²) in [5.41, 5.74) is 2.15. The van der Waals surface area contributed by atoms with Gasteiger partial charge in [0.05, 0.1) is 11.7 Å². The smallest absolute Gasteiger partial charge is 0.254 e. The molecule has 0 unspecified atom stereocenters. The number of benzene rings is 1. The summed E-state index contributed by atoms with van der Waals surface area (Å²) in [5, 5.41) is 0. The normalized spacial score (nSPS) is 18.8. The Bertz CT molecular complexity index is 982. The summed E-state index contributed by atoms with van der Waals surface area (Å²) >= 11 is 0. The van der Waals surface area contributed by atoms with E-state index in [-0.39, 0.29) is 35.9 Å². The lowest BCUT2D eigenvalue weighted by Gasteiger charge is -2.26.